The fourth-order valence-corrected chi connectivity index (χ4v) is 13.8. The number of thioether (sulfide) groups is 1. The Kier molecular flexibility index (Phi) is 39.4. The number of likely N-dealkylation sites (tertiary alicyclic amines) is 2. The summed E-state index contributed by atoms with van der Waals surface area (Å²) >= 11 is 5.92. The number of aromatic carboxylic acids is 2. The van der Waals surface area contributed by atoms with E-state index in [4.69, 9.17) is 31.0 Å². The first-order chi connectivity index (χ1) is 57.1. The number of hydrogen-bond donors (Lipinski definition) is 14. The summed E-state index contributed by atoms with van der Waals surface area (Å²) in [5.41, 5.74) is 17.4. The Morgan fingerprint density at radius 2 is 1.08 bits per heavy atom. The van der Waals surface area contributed by atoms with Crippen LogP contribution in [0.3, 0.4) is 0 Å². The van der Waals surface area contributed by atoms with Gasteiger partial charge < -0.3 is 87.3 Å². The molecule has 119 heavy (non-hydrogen) atoms. The van der Waals surface area contributed by atoms with Gasteiger partial charge in [-0.25, -0.2) is 14.4 Å². The number of carbonyl (C=O) groups is 7. The standard InChI is InChI=1S/C27H35N5O4.C26H33N5O4.C12H14N2O3.C10H18N2O3S.C7H7NO2.ClHN4/c1-36-25(34)15-20(22-5-3-11-28-16-22)8-7-19-9-12-32(13-10-19)26(35)21-4-2-6-23(14-21)31-27-29-17-24(33)18-30-27;32-23-16-28-26(29-17-23)30-22-5-1-3-20(13-22)25(35)31-11-8-18(9-12-31)6-7-19(14-24(33)34)21-4-2-10-27-15-21;15-10-6-13-11(14-7-10)5-8-2-1-3-9(4-8)12(16)17;1-10(2,3)15-9(14)12-6-7(13)5-11-8(12)16-4;8-6-3-1-2-5(4-6)7(9)10;1-3-5-4-2/h2-6,11,14,16,19-20,24,33H,7-10,12-13,15,17-18H2,1H3,(H2,29,30,31);1-5,10,13,15,18-19,23,32H,6-9,11-12,14,16-17H2,(H,33,34)(H2,28,29,30);1-4,10,15H,5-7H2,(H,13,14)(H,16,17);7,13H,5-6H2,1-4H3;1-4H,8H2,(H,9,10);2H. The predicted molar refractivity (Wildman–Crippen MR) is 453 cm³/mol. The van der Waals surface area contributed by atoms with E-state index in [-0.39, 0.29) is 53.7 Å². The van der Waals surface area contributed by atoms with Crippen LogP contribution in [0.5, 0.6) is 0 Å². The van der Waals surface area contributed by atoms with Gasteiger partial charge in [0, 0.05) is 105 Å². The number of benzene rings is 4. The molecular formula is C82H108ClN19O16S. The first-order valence-corrected chi connectivity index (χ1v) is 40.5. The zero-order valence-electron chi connectivity index (χ0n) is 67.3. The van der Waals surface area contributed by atoms with Crippen molar-refractivity contribution < 1.29 is 78.8 Å². The highest BCUT2D eigenvalue weighted by atomic mass is 35.5. The number of amides is 3. The summed E-state index contributed by atoms with van der Waals surface area (Å²) in [4.78, 5) is 113. The highest BCUT2D eigenvalue weighted by Gasteiger charge is 2.32. The number of aliphatic hydroxyl groups is 4. The SMILES string of the molecule is COC(=O)CC(CCC1CCN(C(=O)c2cccc(NC3=NCC(O)CN3)c2)CC1)c1cccnc1.CSC1=NCC(O)CN1C(=O)OC(C)(C)C.N=NN=NCl.Nc1cccc(C(=O)O)c1.O=C(O)CC(CCC1CCN(C(=O)c2cccc(NC3=NCC(O)CN3)c2)CC1)c1cccnc1.O=C(O)c1cccc(CC2=NCC(O)CN2)c1. The van der Waals surface area contributed by atoms with Crippen molar-refractivity contribution in [2.75, 3.05) is 108 Å². The Labute approximate surface area is 700 Å². The lowest BCUT2D eigenvalue weighted by molar-refractivity contribution is -0.141. The Hall–Kier alpha value is -11.6. The fourth-order valence-electron chi connectivity index (χ4n) is 13.2. The molecule has 35 nitrogen and oxygen atoms in total. The number of piperidine rings is 2. The van der Waals surface area contributed by atoms with E-state index < -0.39 is 54.0 Å². The van der Waals surface area contributed by atoms with Crippen LogP contribution < -0.4 is 32.3 Å². The minimum atomic E-state index is -0.952. The summed E-state index contributed by atoms with van der Waals surface area (Å²) in [6.07, 6.45) is 14.8. The second-order valence-electron chi connectivity index (χ2n) is 29.6. The van der Waals surface area contributed by atoms with E-state index in [0.29, 0.717) is 117 Å². The smallest absolute Gasteiger partial charge is 0.416 e. The molecule has 37 heteroatoms. The average molecular weight is 1680 g/mol. The lowest BCUT2D eigenvalue weighted by atomic mass is 9.85. The number of aromatic nitrogens is 2. The third kappa shape index (κ3) is 34.1. The summed E-state index contributed by atoms with van der Waals surface area (Å²) in [6, 6.07) is 35.5. The number of esters is 1. The number of anilines is 3. The van der Waals surface area contributed by atoms with Gasteiger partial charge in [0.1, 0.15) is 11.4 Å². The van der Waals surface area contributed by atoms with Crippen LogP contribution >= 0.6 is 23.5 Å². The van der Waals surface area contributed by atoms with E-state index >= 15 is 0 Å². The van der Waals surface area contributed by atoms with Crippen molar-refractivity contribution >= 4 is 105 Å². The van der Waals surface area contributed by atoms with Crippen molar-refractivity contribution in [3.05, 3.63) is 185 Å². The van der Waals surface area contributed by atoms with Gasteiger partial charge in [-0.2, -0.15) is 5.53 Å². The molecule has 6 aliphatic rings. The number of hydrogen-bond acceptors (Lipinski definition) is 28. The molecule has 0 aliphatic carbocycles. The largest absolute Gasteiger partial charge is 0.481 e. The Morgan fingerprint density at radius 1 is 0.613 bits per heavy atom. The highest BCUT2D eigenvalue weighted by molar-refractivity contribution is 8.13. The molecule has 6 unspecified atom stereocenters. The summed E-state index contributed by atoms with van der Waals surface area (Å²) in [6.45, 7) is 11.4. The van der Waals surface area contributed by atoms with Gasteiger partial charge in [-0.05, 0) is 208 Å². The monoisotopic (exact) mass is 1680 g/mol. The number of nitrogens with zero attached hydrogens (tertiary/aromatic N) is 12. The number of aliphatic carboxylic acids is 1. The van der Waals surface area contributed by atoms with E-state index in [1.165, 1.54) is 35.9 Å². The fraction of sp³-hybridized carbons (Fsp3) is 0.451. The number of methoxy groups -OCH3 is 1. The summed E-state index contributed by atoms with van der Waals surface area (Å²) in [5, 5.41) is 85.6. The number of carboxylic acid groups (broad SMARTS) is 3. The van der Waals surface area contributed by atoms with Gasteiger partial charge in [0.2, 0.25) is 0 Å². The molecule has 3 amide bonds. The van der Waals surface area contributed by atoms with E-state index in [1.807, 2.05) is 101 Å². The maximum absolute atomic E-state index is 13.2. The first-order valence-electron chi connectivity index (χ1n) is 38.9. The van der Waals surface area contributed by atoms with Crippen LogP contribution in [0, 0.1) is 17.4 Å². The molecule has 0 spiro atoms. The quantitative estimate of drug-likeness (QED) is 0.0138. The number of nitrogens with two attached hydrogens (primary N) is 1. The second kappa shape index (κ2) is 49.6. The van der Waals surface area contributed by atoms with Crippen LogP contribution in [0.15, 0.2) is 181 Å². The molecule has 0 saturated carbocycles. The number of amidine groups is 2. The van der Waals surface area contributed by atoms with Crippen LogP contribution in [0.1, 0.15) is 155 Å². The second-order valence-corrected chi connectivity index (χ2v) is 30.5. The van der Waals surface area contributed by atoms with Gasteiger partial charge in [-0.3, -0.25) is 54.0 Å². The van der Waals surface area contributed by atoms with Gasteiger partial charge in [0.05, 0.1) is 100.0 Å². The number of nitrogen functional groups attached to an aromatic ring is 1. The molecule has 2 fully saturated rings. The van der Waals surface area contributed by atoms with Gasteiger partial charge >= 0.3 is 30.0 Å². The van der Waals surface area contributed by atoms with Crippen molar-refractivity contribution in [3.63, 3.8) is 0 Å². The number of ether oxygens (including phenoxy) is 2. The zero-order chi connectivity index (χ0) is 86.2. The number of pyridine rings is 2. The number of rotatable bonds is 21. The molecule has 6 aromatic rings. The average Bonchev–Trinajstić information content (AvgIpc) is 0.849. The van der Waals surface area contributed by atoms with Crippen LogP contribution in [0.25, 0.3) is 0 Å². The minimum Gasteiger partial charge on any atom is -0.481 e. The zero-order valence-corrected chi connectivity index (χ0v) is 68.8. The number of nitrogens with one attached hydrogen (secondary N) is 6. The number of aliphatic hydroxyl groups excluding tert-OH is 4. The number of aliphatic imine (C=N–C) groups is 4. The van der Waals surface area contributed by atoms with Crippen molar-refractivity contribution in [1.82, 2.24) is 40.6 Å². The van der Waals surface area contributed by atoms with Crippen molar-refractivity contribution in [2.24, 2.45) is 46.9 Å². The molecular weight excluding hydrogens is 1570 g/mol. The van der Waals surface area contributed by atoms with Gasteiger partial charge in [0.25, 0.3) is 11.8 Å². The molecule has 15 N–H and O–H groups in total. The minimum absolute atomic E-state index is 0.0141. The summed E-state index contributed by atoms with van der Waals surface area (Å²) < 4.78 is 12.7. The Balaban J connectivity index is 0.000000216. The van der Waals surface area contributed by atoms with E-state index in [0.717, 1.165) is 98.4 Å². The van der Waals surface area contributed by atoms with Crippen LogP contribution in [-0.2, 0) is 25.5 Å². The third-order valence-electron chi connectivity index (χ3n) is 19.3. The summed E-state index contributed by atoms with van der Waals surface area (Å²) in [7, 11) is 1.42. The number of carboxylic acids is 3. The molecule has 8 heterocycles. The predicted octanol–water partition coefficient (Wildman–Crippen LogP) is 9.61. The molecule has 12 rings (SSSR count). The van der Waals surface area contributed by atoms with Gasteiger partial charge in [-0.15, -0.1) is 0 Å². The number of carbonyl (C=O) groups excluding carboxylic acids is 4. The van der Waals surface area contributed by atoms with Crippen molar-refractivity contribution in [2.45, 2.75) is 133 Å². The van der Waals surface area contributed by atoms with E-state index in [9.17, 15) is 59.1 Å². The topological polar surface area (TPSA) is 512 Å². The normalized spacial score (nSPS) is 18.3. The molecule has 0 bridgehead atoms. The lowest BCUT2D eigenvalue weighted by Gasteiger charge is -2.33. The Morgan fingerprint density at radius 3 is 1.49 bits per heavy atom. The maximum Gasteiger partial charge on any atom is 0.416 e. The number of β-amino-alcohol motifs (C(OH)–C–C–N with tert-alkyl or cyclic N) is 4. The summed E-state index contributed by atoms with van der Waals surface area (Å²) in [5.74, 6) is 0.197. The molecule has 640 valence electrons. The van der Waals surface area contributed by atoms with Crippen LogP contribution in [0.4, 0.5) is 21.9 Å². The van der Waals surface area contributed by atoms with Crippen molar-refractivity contribution in [1.29, 1.82) is 5.53 Å². The van der Waals surface area contributed by atoms with Crippen LogP contribution in [0.2, 0.25) is 0 Å². The molecule has 4 aromatic carbocycles. The van der Waals surface area contributed by atoms with Crippen molar-refractivity contribution in [3.8, 4) is 0 Å². The molecule has 6 atom stereocenters. The number of halogens is 1. The third-order valence-corrected chi connectivity index (χ3v) is 20.1. The molecule has 2 aromatic heterocycles. The van der Waals surface area contributed by atoms with Gasteiger partial charge in [0.15, 0.2) is 17.1 Å². The van der Waals surface area contributed by atoms with Crippen LogP contribution in [-0.4, -0.2) is 247 Å². The molecule has 0 radical (unpaired) electrons. The molecule has 6 aliphatic heterocycles. The van der Waals surface area contributed by atoms with E-state index in [2.05, 4.69) is 83.4 Å². The maximum atomic E-state index is 13.2. The molecule has 2 saturated heterocycles. The highest BCUT2D eigenvalue weighted by Crippen LogP contribution is 2.33. The number of guanidine groups is 2. The lowest BCUT2D eigenvalue weighted by Crippen LogP contribution is -2.47. The Bertz CT molecular complexity index is 4430. The van der Waals surface area contributed by atoms with Gasteiger partial charge in [-0.1, -0.05) is 58.9 Å². The first kappa shape index (κ1) is 94.6. The van der Waals surface area contributed by atoms with E-state index in [1.54, 1.807) is 69.7 Å².